The van der Waals surface area contributed by atoms with Crippen LogP contribution in [0.4, 0.5) is 8.78 Å². The number of ether oxygens (including phenoxy) is 1. The van der Waals surface area contributed by atoms with Crippen LogP contribution in [0.2, 0.25) is 0 Å². The Morgan fingerprint density at radius 2 is 1.88 bits per heavy atom. The van der Waals surface area contributed by atoms with Crippen LogP contribution in [0.15, 0.2) is 18.2 Å². The van der Waals surface area contributed by atoms with Gasteiger partial charge in [-0.25, -0.2) is 8.78 Å². The monoisotopic (exact) mass is 363 g/mol. The maximum atomic E-state index is 13.4. The zero-order chi connectivity index (χ0) is 16.7. The van der Waals surface area contributed by atoms with Crippen LogP contribution < -0.4 is 16.0 Å². The molecule has 1 unspecified atom stereocenters. The van der Waals surface area contributed by atoms with E-state index in [0.29, 0.717) is 19.8 Å². The fourth-order valence-electron chi connectivity index (χ4n) is 2.23. The molecule has 0 aliphatic carbocycles. The second kappa shape index (κ2) is 10.2. The molecular weight excluding hydrogens is 344 g/mol. The van der Waals surface area contributed by atoms with Crippen molar-refractivity contribution >= 4 is 24.2 Å². The Bertz CT molecular complexity index is 549. The lowest BCUT2D eigenvalue weighted by atomic mass is 10.2. The number of nitrogens with one attached hydrogen (secondary N) is 3. The smallest absolute Gasteiger partial charge is 0.257 e. The summed E-state index contributed by atoms with van der Waals surface area (Å²) >= 11 is 0. The highest BCUT2D eigenvalue weighted by atomic mass is 35.5. The van der Waals surface area contributed by atoms with E-state index < -0.39 is 23.1 Å². The van der Waals surface area contributed by atoms with Crippen LogP contribution in [0.25, 0.3) is 0 Å². The lowest BCUT2D eigenvalue weighted by molar-refractivity contribution is -0.122. The Balaban J connectivity index is 0.00000288. The molecule has 0 bridgehead atoms. The summed E-state index contributed by atoms with van der Waals surface area (Å²) in [7, 11) is 0. The van der Waals surface area contributed by atoms with Gasteiger partial charge in [-0.15, -0.1) is 12.4 Å². The van der Waals surface area contributed by atoms with Crippen molar-refractivity contribution in [2.45, 2.75) is 12.5 Å². The van der Waals surface area contributed by atoms with E-state index in [-0.39, 0.29) is 43.9 Å². The van der Waals surface area contributed by atoms with E-state index >= 15 is 0 Å². The summed E-state index contributed by atoms with van der Waals surface area (Å²) in [6, 6.07) is 3.19. The summed E-state index contributed by atoms with van der Waals surface area (Å²) in [5.41, 5.74) is -0.623. The van der Waals surface area contributed by atoms with E-state index in [1.807, 2.05) is 0 Å². The minimum absolute atomic E-state index is 0. The zero-order valence-electron chi connectivity index (χ0n) is 12.9. The van der Waals surface area contributed by atoms with E-state index in [1.165, 1.54) is 6.07 Å². The lowest BCUT2D eigenvalue weighted by Crippen LogP contribution is -2.45. The van der Waals surface area contributed by atoms with Crippen molar-refractivity contribution in [1.29, 1.82) is 0 Å². The third-order valence-electron chi connectivity index (χ3n) is 3.35. The molecule has 1 atom stereocenters. The van der Waals surface area contributed by atoms with Gasteiger partial charge in [-0.2, -0.15) is 0 Å². The summed E-state index contributed by atoms with van der Waals surface area (Å²) in [4.78, 5) is 23.4. The number of carbonyl (C=O) groups excluding carboxylic acids is 2. The largest absolute Gasteiger partial charge is 0.378 e. The second-order valence-corrected chi connectivity index (χ2v) is 5.13. The molecule has 0 spiro atoms. The zero-order valence-corrected chi connectivity index (χ0v) is 13.8. The van der Waals surface area contributed by atoms with Crippen molar-refractivity contribution in [3.05, 3.63) is 35.4 Å². The number of morpholine rings is 1. The van der Waals surface area contributed by atoms with Crippen molar-refractivity contribution in [3.63, 3.8) is 0 Å². The summed E-state index contributed by atoms with van der Waals surface area (Å²) in [5, 5.41) is 8.15. The molecule has 1 saturated heterocycles. The fourth-order valence-corrected chi connectivity index (χ4v) is 2.23. The van der Waals surface area contributed by atoms with Crippen LogP contribution in [0, 0.1) is 11.6 Å². The molecule has 1 aliphatic heterocycles. The van der Waals surface area contributed by atoms with Gasteiger partial charge in [0.05, 0.1) is 13.2 Å². The van der Waals surface area contributed by atoms with Gasteiger partial charge >= 0.3 is 0 Å². The molecule has 3 N–H and O–H groups in total. The van der Waals surface area contributed by atoms with Gasteiger partial charge in [-0.1, -0.05) is 6.07 Å². The Hall–Kier alpha value is -1.77. The Morgan fingerprint density at radius 3 is 2.50 bits per heavy atom. The van der Waals surface area contributed by atoms with Crippen LogP contribution in [0.3, 0.4) is 0 Å². The number of halogens is 3. The first-order chi connectivity index (χ1) is 11.1. The SMILES string of the molecule is Cl.O=C(CC1COCCN1)NCCNC(=O)c1c(F)cccc1F. The summed E-state index contributed by atoms with van der Waals surface area (Å²) in [5.74, 6) is -2.87. The van der Waals surface area contributed by atoms with Gasteiger partial charge in [-0.3, -0.25) is 9.59 Å². The number of carbonyl (C=O) groups is 2. The number of hydrogen-bond acceptors (Lipinski definition) is 4. The van der Waals surface area contributed by atoms with Crippen LogP contribution in [-0.4, -0.2) is 50.7 Å². The fraction of sp³-hybridized carbons (Fsp3) is 0.467. The van der Waals surface area contributed by atoms with Crippen molar-refractivity contribution in [2.24, 2.45) is 0 Å². The first-order valence-corrected chi connectivity index (χ1v) is 7.38. The van der Waals surface area contributed by atoms with Gasteiger partial charge in [0.25, 0.3) is 5.91 Å². The molecule has 134 valence electrons. The Labute approximate surface area is 144 Å². The molecule has 0 aromatic heterocycles. The standard InChI is InChI=1S/C15H19F2N3O3.ClH/c16-11-2-1-3-12(17)14(11)15(22)20-5-4-19-13(21)8-10-9-23-7-6-18-10;/h1-3,10,18H,4-9H2,(H,19,21)(H,20,22);1H. The number of amides is 2. The molecule has 2 amide bonds. The highest BCUT2D eigenvalue weighted by molar-refractivity contribution is 5.94. The van der Waals surface area contributed by atoms with E-state index in [4.69, 9.17) is 4.74 Å². The van der Waals surface area contributed by atoms with E-state index in [1.54, 1.807) is 0 Å². The molecule has 0 saturated carbocycles. The molecule has 0 radical (unpaired) electrons. The van der Waals surface area contributed by atoms with Gasteiger partial charge in [0.1, 0.15) is 17.2 Å². The molecule has 1 heterocycles. The average Bonchev–Trinajstić information content (AvgIpc) is 2.52. The molecule has 6 nitrogen and oxygen atoms in total. The van der Waals surface area contributed by atoms with Crippen LogP contribution in [0.5, 0.6) is 0 Å². The molecule has 1 aliphatic rings. The molecule has 1 fully saturated rings. The topological polar surface area (TPSA) is 79.5 Å². The molecule has 9 heteroatoms. The predicted molar refractivity (Wildman–Crippen MR) is 86.2 cm³/mol. The van der Waals surface area contributed by atoms with Gasteiger partial charge in [0, 0.05) is 32.1 Å². The van der Waals surface area contributed by atoms with E-state index in [0.717, 1.165) is 12.1 Å². The summed E-state index contributed by atoms with van der Waals surface area (Å²) in [6.45, 7) is 2.08. The van der Waals surface area contributed by atoms with E-state index in [2.05, 4.69) is 16.0 Å². The summed E-state index contributed by atoms with van der Waals surface area (Å²) in [6.07, 6.45) is 0.274. The highest BCUT2D eigenvalue weighted by Gasteiger charge is 2.18. The Kier molecular flexibility index (Phi) is 8.59. The summed E-state index contributed by atoms with van der Waals surface area (Å²) < 4.78 is 32.1. The maximum Gasteiger partial charge on any atom is 0.257 e. The van der Waals surface area contributed by atoms with Gasteiger partial charge in [0.2, 0.25) is 5.91 Å². The second-order valence-electron chi connectivity index (χ2n) is 5.13. The quantitative estimate of drug-likeness (QED) is 0.647. The first-order valence-electron chi connectivity index (χ1n) is 7.38. The van der Waals surface area contributed by atoms with Crippen molar-refractivity contribution in [3.8, 4) is 0 Å². The Morgan fingerprint density at radius 1 is 1.21 bits per heavy atom. The molecule has 1 aromatic carbocycles. The van der Waals surface area contributed by atoms with Gasteiger partial charge in [0.15, 0.2) is 0 Å². The van der Waals surface area contributed by atoms with Crippen molar-refractivity contribution in [1.82, 2.24) is 16.0 Å². The molecule has 2 rings (SSSR count). The number of rotatable bonds is 6. The molecular formula is C15H20ClF2N3O3. The third-order valence-corrected chi connectivity index (χ3v) is 3.35. The highest BCUT2D eigenvalue weighted by Crippen LogP contribution is 2.11. The van der Waals surface area contributed by atoms with Crippen LogP contribution in [-0.2, 0) is 9.53 Å². The average molecular weight is 364 g/mol. The van der Waals surface area contributed by atoms with Crippen LogP contribution >= 0.6 is 12.4 Å². The first kappa shape index (κ1) is 20.3. The minimum Gasteiger partial charge on any atom is -0.378 e. The van der Waals surface area contributed by atoms with Crippen molar-refractivity contribution in [2.75, 3.05) is 32.8 Å². The molecule has 24 heavy (non-hydrogen) atoms. The van der Waals surface area contributed by atoms with Gasteiger partial charge in [-0.05, 0) is 12.1 Å². The van der Waals surface area contributed by atoms with E-state index in [9.17, 15) is 18.4 Å². The normalized spacial score (nSPS) is 16.8. The lowest BCUT2D eigenvalue weighted by Gasteiger charge is -2.23. The van der Waals surface area contributed by atoms with Gasteiger partial charge < -0.3 is 20.7 Å². The number of hydrogen-bond donors (Lipinski definition) is 3. The maximum absolute atomic E-state index is 13.4. The third kappa shape index (κ3) is 6.03. The minimum atomic E-state index is -0.921. The predicted octanol–water partition coefficient (Wildman–Crippen LogP) is 0.611. The van der Waals surface area contributed by atoms with Crippen molar-refractivity contribution < 1.29 is 23.1 Å². The van der Waals surface area contributed by atoms with Crippen LogP contribution in [0.1, 0.15) is 16.8 Å². The number of benzene rings is 1. The molecule has 1 aromatic rings.